The van der Waals surface area contributed by atoms with E-state index in [4.69, 9.17) is 12.2 Å². The number of amides is 1. The molecule has 0 aromatic heterocycles. The lowest BCUT2D eigenvalue weighted by Crippen LogP contribution is -2.46. The lowest BCUT2D eigenvalue weighted by atomic mass is 10.1. The van der Waals surface area contributed by atoms with E-state index < -0.39 is 5.91 Å². The van der Waals surface area contributed by atoms with E-state index in [0.29, 0.717) is 11.7 Å². The molecule has 0 saturated heterocycles. The molecular formula is C14H15N3O2S. The molecule has 0 bridgehead atoms. The van der Waals surface area contributed by atoms with Crippen molar-refractivity contribution in [1.29, 1.82) is 0 Å². The molecule has 0 radical (unpaired) electrons. The van der Waals surface area contributed by atoms with Crippen LogP contribution in [0.5, 0.6) is 5.75 Å². The van der Waals surface area contributed by atoms with E-state index in [2.05, 4.69) is 16.2 Å². The van der Waals surface area contributed by atoms with E-state index in [9.17, 15) is 9.90 Å². The molecule has 0 aliphatic rings. The fourth-order valence-corrected chi connectivity index (χ4v) is 1.99. The van der Waals surface area contributed by atoms with Crippen molar-refractivity contribution in [3.63, 3.8) is 0 Å². The number of thiocarbonyl (C=S) groups is 1. The van der Waals surface area contributed by atoms with Crippen LogP contribution in [-0.2, 0) is 0 Å². The molecule has 5 nitrogen and oxygen atoms in total. The third-order valence-corrected chi connectivity index (χ3v) is 2.98. The second kappa shape index (κ2) is 6.21. The summed E-state index contributed by atoms with van der Waals surface area (Å²) in [7, 11) is 0. The Morgan fingerprint density at radius 2 is 1.85 bits per heavy atom. The highest BCUT2D eigenvalue weighted by Crippen LogP contribution is 2.24. The fraction of sp³-hybridized carbons (Fsp3) is 0.143. The zero-order chi connectivity index (χ0) is 14.5. The summed E-state index contributed by atoms with van der Waals surface area (Å²) in [5.74, 6) is -0.522. The predicted octanol–water partition coefficient (Wildman–Crippen LogP) is 1.67. The molecule has 0 spiro atoms. The number of phenols is 1. The molecule has 4 N–H and O–H groups in total. The van der Waals surface area contributed by atoms with E-state index in [1.165, 1.54) is 0 Å². The van der Waals surface area contributed by atoms with Crippen LogP contribution < -0.4 is 16.2 Å². The number of fused-ring (bicyclic) bond motifs is 1. The van der Waals surface area contributed by atoms with Crippen LogP contribution in [0.4, 0.5) is 0 Å². The van der Waals surface area contributed by atoms with Gasteiger partial charge in [0.05, 0.1) is 5.56 Å². The molecule has 0 aliphatic carbocycles. The predicted molar refractivity (Wildman–Crippen MR) is 82.5 cm³/mol. The highest BCUT2D eigenvalue weighted by atomic mass is 32.1. The van der Waals surface area contributed by atoms with Crippen molar-refractivity contribution >= 4 is 34.0 Å². The average molecular weight is 289 g/mol. The molecule has 0 heterocycles. The maximum Gasteiger partial charge on any atom is 0.273 e. The molecule has 2 aromatic carbocycles. The summed E-state index contributed by atoms with van der Waals surface area (Å²) in [4.78, 5) is 12.0. The normalized spacial score (nSPS) is 10.1. The molecule has 0 unspecified atom stereocenters. The average Bonchev–Trinajstić information content (AvgIpc) is 2.44. The smallest absolute Gasteiger partial charge is 0.273 e. The van der Waals surface area contributed by atoms with Crippen molar-refractivity contribution < 1.29 is 9.90 Å². The molecule has 0 atom stereocenters. The first-order valence-corrected chi connectivity index (χ1v) is 6.58. The Morgan fingerprint density at radius 1 is 1.20 bits per heavy atom. The van der Waals surface area contributed by atoms with Gasteiger partial charge in [0.25, 0.3) is 5.91 Å². The first-order chi connectivity index (χ1) is 9.61. The number of aromatic hydroxyl groups is 1. The van der Waals surface area contributed by atoms with Gasteiger partial charge in [-0.15, -0.1) is 0 Å². The molecule has 0 aliphatic heterocycles. The third-order valence-electron chi connectivity index (χ3n) is 2.74. The van der Waals surface area contributed by atoms with Gasteiger partial charge in [0.15, 0.2) is 5.11 Å². The molecule has 0 saturated carbocycles. The second-order valence-electron chi connectivity index (χ2n) is 4.16. The summed E-state index contributed by atoms with van der Waals surface area (Å²) < 4.78 is 0. The van der Waals surface area contributed by atoms with Crippen molar-refractivity contribution in [1.82, 2.24) is 16.2 Å². The van der Waals surface area contributed by atoms with Gasteiger partial charge in [-0.3, -0.25) is 15.6 Å². The monoisotopic (exact) mass is 289 g/mol. The van der Waals surface area contributed by atoms with Crippen LogP contribution in [0.15, 0.2) is 36.4 Å². The molecule has 2 aromatic rings. The van der Waals surface area contributed by atoms with Crippen LogP contribution in [0.25, 0.3) is 10.8 Å². The van der Waals surface area contributed by atoms with E-state index in [0.717, 1.165) is 10.8 Å². The molecule has 0 fully saturated rings. The summed E-state index contributed by atoms with van der Waals surface area (Å²) in [6, 6.07) is 10.7. The van der Waals surface area contributed by atoms with Crippen LogP contribution in [0.3, 0.4) is 0 Å². The molecule has 20 heavy (non-hydrogen) atoms. The Kier molecular flexibility index (Phi) is 4.37. The van der Waals surface area contributed by atoms with Crippen LogP contribution >= 0.6 is 12.2 Å². The van der Waals surface area contributed by atoms with E-state index in [-0.39, 0.29) is 11.3 Å². The summed E-state index contributed by atoms with van der Waals surface area (Å²) in [6.07, 6.45) is 0. The summed E-state index contributed by atoms with van der Waals surface area (Å²) >= 11 is 4.93. The van der Waals surface area contributed by atoms with Gasteiger partial charge in [-0.05, 0) is 42.0 Å². The van der Waals surface area contributed by atoms with Crippen molar-refractivity contribution in [2.45, 2.75) is 6.92 Å². The Balaban J connectivity index is 2.17. The van der Waals surface area contributed by atoms with Crippen molar-refractivity contribution in [3.05, 3.63) is 42.0 Å². The summed E-state index contributed by atoms with van der Waals surface area (Å²) in [6.45, 7) is 2.55. The zero-order valence-electron chi connectivity index (χ0n) is 10.9. The molecule has 1 amide bonds. The van der Waals surface area contributed by atoms with Gasteiger partial charge in [0.1, 0.15) is 5.75 Å². The quantitative estimate of drug-likeness (QED) is 0.500. The number of hydrazine groups is 1. The minimum absolute atomic E-state index is 0.0719. The van der Waals surface area contributed by atoms with Gasteiger partial charge in [-0.2, -0.15) is 0 Å². The Bertz CT molecular complexity index is 658. The number of phenolic OH excluding ortho intramolecular Hbond substituents is 1. The van der Waals surface area contributed by atoms with Crippen molar-refractivity contribution in [3.8, 4) is 5.75 Å². The number of carbonyl (C=O) groups is 1. The number of hydrogen-bond donors (Lipinski definition) is 4. The second-order valence-corrected chi connectivity index (χ2v) is 4.56. The zero-order valence-corrected chi connectivity index (χ0v) is 11.8. The first kappa shape index (κ1) is 14.1. The molecule has 6 heteroatoms. The van der Waals surface area contributed by atoms with Gasteiger partial charge in [0.2, 0.25) is 0 Å². The maximum atomic E-state index is 12.0. The highest BCUT2D eigenvalue weighted by molar-refractivity contribution is 7.80. The van der Waals surface area contributed by atoms with Gasteiger partial charge < -0.3 is 10.4 Å². The Labute approximate surface area is 122 Å². The van der Waals surface area contributed by atoms with Crippen LogP contribution in [-0.4, -0.2) is 22.7 Å². The third kappa shape index (κ3) is 3.16. The van der Waals surface area contributed by atoms with Crippen molar-refractivity contribution in [2.75, 3.05) is 6.54 Å². The number of nitrogens with one attached hydrogen (secondary N) is 3. The van der Waals surface area contributed by atoms with E-state index in [1.54, 1.807) is 12.1 Å². The largest absolute Gasteiger partial charge is 0.507 e. The topological polar surface area (TPSA) is 73.4 Å². The first-order valence-electron chi connectivity index (χ1n) is 6.17. The van der Waals surface area contributed by atoms with Gasteiger partial charge in [-0.1, -0.05) is 24.3 Å². The van der Waals surface area contributed by atoms with Gasteiger partial charge in [0, 0.05) is 6.54 Å². The molecular weight excluding hydrogens is 274 g/mol. The van der Waals surface area contributed by atoms with Crippen LogP contribution in [0, 0.1) is 0 Å². The summed E-state index contributed by atoms with van der Waals surface area (Å²) in [5, 5.41) is 14.8. The van der Waals surface area contributed by atoms with E-state index in [1.807, 2.05) is 31.2 Å². The fourth-order valence-electron chi connectivity index (χ4n) is 1.80. The SMILES string of the molecule is CCNC(=S)NNC(=O)c1cc2ccccc2cc1O. The number of benzene rings is 2. The summed E-state index contributed by atoms with van der Waals surface area (Å²) in [5.41, 5.74) is 5.19. The number of carbonyl (C=O) groups excluding carboxylic acids is 1. The lowest BCUT2D eigenvalue weighted by molar-refractivity contribution is 0.0941. The standard InChI is InChI=1S/C14H15N3O2S/c1-2-15-14(20)17-16-13(19)11-7-9-5-3-4-6-10(9)8-12(11)18/h3-8,18H,2H2,1H3,(H,16,19)(H2,15,17,20). The van der Waals surface area contributed by atoms with Crippen LogP contribution in [0.2, 0.25) is 0 Å². The lowest BCUT2D eigenvalue weighted by Gasteiger charge is -2.11. The Morgan fingerprint density at radius 3 is 2.50 bits per heavy atom. The number of rotatable bonds is 2. The number of hydrogen-bond acceptors (Lipinski definition) is 3. The Hall–Kier alpha value is -2.34. The minimum Gasteiger partial charge on any atom is -0.507 e. The van der Waals surface area contributed by atoms with Crippen LogP contribution in [0.1, 0.15) is 17.3 Å². The van der Waals surface area contributed by atoms with Crippen molar-refractivity contribution in [2.24, 2.45) is 0 Å². The highest BCUT2D eigenvalue weighted by Gasteiger charge is 2.12. The molecule has 2 rings (SSSR count). The minimum atomic E-state index is -0.450. The maximum absolute atomic E-state index is 12.0. The molecule has 104 valence electrons. The van der Waals surface area contributed by atoms with Gasteiger partial charge >= 0.3 is 0 Å². The van der Waals surface area contributed by atoms with Gasteiger partial charge in [-0.25, -0.2) is 0 Å². The van der Waals surface area contributed by atoms with E-state index >= 15 is 0 Å².